The maximum absolute atomic E-state index is 12.1. The van der Waals surface area contributed by atoms with Crippen molar-refractivity contribution in [1.82, 2.24) is 10.2 Å². The van der Waals surface area contributed by atoms with E-state index in [2.05, 4.69) is 5.32 Å². The molecule has 1 fully saturated rings. The van der Waals surface area contributed by atoms with Gasteiger partial charge in [0, 0.05) is 14.2 Å². The number of likely N-dealkylation sites (tertiary alicyclic amines) is 1. The van der Waals surface area contributed by atoms with Crippen LogP contribution in [0, 0.1) is 5.92 Å². The third-order valence-corrected chi connectivity index (χ3v) is 3.41. The summed E-state index contributed by atoms with van der Waals surface area (Å²) in [5.74, 6) is -0.828. The molecule has 1 heterocycles. The number of nitrogens with zero attached hydrogens (tertiary/aromatic N) is 1. The van der Waals surface area contributed by atoms with Gasteiger partial charge < -0.3 is 24.8 Å². The molecule has 7 heteroatoms. The molecule has 2 N–H and O–H groups in total. The maximum atomic E-state index is 12.1. The molecule has 0 radical (unpaired) electrons. The number of ether oxygens (including phenoxy) is 2. The summed E-state index contributed by atoms with van der Waals surface area (Å²) in [6.45, 7) is 4.63. The van der Waals surface area contributed by atoms with Gasteiger partial charge in [-0.3, -0.25) is 0 Å². The smallest absolute Gasteiger partial charge is 0.326 e. The maximum Gasteiger partial charge on any atom is 0.326 e. The average Bonchev–Trinajstić information content (AvgIpc) is 2.80. The molecule has 0 saturated carbocycles. The number of carbonyl (C=O) groups excluding carboxylic acids is 1. The molecular weight excluding hydrogens is 264 g/mol. The van der Waals surface area contributed by atoms with E-state index < -0.39 is 12.0 Å². The Morgan fingerprint density at radius 3 is 2.10 bits per heavy atom. The lowest BCUT2D eigenvalue weighted by Gasteiger charge is -2.21. The summed E-state index contributed by atoms with van der Waals surface area (Å²) in [4.78, 5) is 24.8. The number of nitrogens with one attached hydrogen (secondary N) is 1. The Labute approximate surface area is 119 Å². The van der Waals surface area contributed by atoms with Crippen molar-refractivity contribution in [3.8, 4) is 0 Å². The zero-order valence-electron chi connectivity index (χ0n) is 12.5. The van der Waals surface area contributed by atoms with Crippen molar-refractivity contribution in [2.24, 2.45) is 5.92 Å². The minimum absolute atomic E-state index is 0.181. The van der Waals surface area contributed by atoms with E-state index in [1.165, 1.54) is 4.90 Å². The lowest BCUT2D eigenvalue weighted by Crippen LogP contribution is -2.48. The van der Waals surface area contributed by atoms with Crippen molar-refractivity contribution in [1.29, 1.82) is 0 Å². The van der Waals surface area contributed by atoms with Crippen LogP contribution in [0.3, 0.4) is 0 Å². The van der Waals surface area contributed by atoms with E-state index in [-0.39, 0.29) is 24.2 Å². The summed E-state index contributed by atoms with van der Waals surface area (Å²) in [5, 5.41) is 11.7. The first-order valence-electron chi connectivity index (χ1n) is 6.72. The Bertz CT molecular complexity index is 336. The van der Waals surface area contributed by atoms with Gasteiger partial charge in [0.05, 0.1) is 13.1 Å². The average molecular weight is 288 g/mol. The van der Waals surface area contributed by atoms with E-state index in [1.54, 1.807) is 14.2 Å². The Morgan fingerprint density at radius 2 is 1.75 bits per heavy atom. The highest BCUT2D eigenvalue weighted by molar-refractivity contribution is 5.82. The SMILES string of the molecule is COC1CN(C(=O)N[C@H](CC(C)C)C(=O)O)CC1OC. The molecule has 1 rings (SSSR count). The Morgan fingerprint density at radius 1 is 1.25 bits per heavy atom. The van der Waals surface area contributed by atoms with Crippen molar-refractivity contribution in [3.63, 3.8) is 0 Å². The van der Waals surface area contributed by atoms with Crippen LogP contribution in [0.15, 0.2) is 0 Å². The van der Waals surface area contributed by atoms with Crippen LogP contribution in [-0.2, 0) is 14.3 Å². The molecule has 20 heavy (non-hydrogen) atoms. The van der Waals surface area contributed by atoms with Crippen molar-refractivity contribution >= 4 is 12.0 Å². The first-order chi connectivity index (χ1) is 9.38. The fraction of sp³-hybridized carbons (Fsp3) is 0.846. The molecule has 1 saturated heterocycles. The zero-order chi connectivity index (χ0) is 15.3. The number of methoxy groups -OCH3 is 2. The highest BCUT2D eigenvalue weighted by Gasteiger charge is 2.36. The second-order valence-corrected chi connectivity index (χ2v) is 5.42. The van der Waals surface area contributed by atoms with Crippen molar-refractivity contribution in [2.75, 3.05) is 27.3 Å². The van der Waals surface area contributed by atoms with Crippen LogP contribution in [0.25, 0.3) is 0 Å². The lowest BCUT2D eigenvalue weighted by molar-refractivity contribution is -0.139. The number of hydrogen-bond acceptors (Lipinski definition) is 4. The standard InChI is InChI=1S/C13H24N2O5/c1-8(2)5-9(12(16)17)14-13(18)15-6-10(19-3)11(7-15)20-4/h8-11H,5-7H2,1-4H3,(H,14,18)(H,16,17)/t9-,10?,11?/m1/s1. The summed E-state index contributed by atoms with van der Waals surface area (Å²) >= 11 is 0. The predicted octanol–water partition coefficient (Wildman–Crippen LogP) is 0.541. The highest BCUT2D eigenvalue weighted by Crippen LogP contribution is 2.16. The Hall–Kier alpha value is -1.34. The van der Waals surface area contributed by atoms with Crippen LogP contribution in [-0.4, -0.2) is 67.6 Å². The number of amides is 2. The van der Waals surface area contributed by atoms with E-state index >= 15 is 0 Å². The van der Waals surface area contributed by atoms with Crippen LogP contribution >= 0.6 is 0 Å². The monoisotopic (exact) mass is 288 g/mol. The predicted molar refractivity (Wildman–Crippen MR) is 72.6 cm³/mol. The van der Waals surface area contributed by atoms with Gasteiger partial charge in [-0.1, -0.05) is 13.8 Å². The lowest BCUT2D eigenvalue weighted by atomic mass is 10.0. The molecule has 1 aliphatic heterocycles. The van der Waals surface area contributed by atoms with Gasteiger partial charge in [-0.25, -0.2) is 9.59 Å². The minimum Gasteiger partial charge on any atom is -0.480 e. The number of rotatable bonds is 6. The van der Waals surface area contributed by atoms with E-state index in [0.717, 1.165) is 0 Å². The second-order valence-electron chi connectivity index (χ2n) is 5.42. The summed E-state index contributed by atoms with van der Waals surface area (Å²) in [5.41, 5.74) is 0. The third kappa shape index (κ3) is 4.35. The normalized spacial score (nSPS) is 23.9. The minimum atomic E-state index is -1.02. The summed E-state index contributed by atoms with van der Waals surface area (Å²) in [7, 11) is 3.13. The van der Waals surface area contributed by atoms with Gasteiger partial charge in [0.2, 0.25) is 0 Å². The molecule has 0 aromatic heterocycles. The number of aliphatic carboxylic acids is 1. The van der Waals surface area contributed by atoms with Crippen LogP contribution in [0.2, 0.25) is 0 Å². The Balaban J connectivity index is 2.59. The van der Waals surface area contributed by atoms with E-state index in [4.69, 9.17) is 14.6 Å². The Kier molecular flexibility index (Phi) is 6.22. The molecular formula is C13H24N2O5. The van der Waals surface area contributed by atoms with Crippen LogP contribution < -0.4 is 5.32 Å². The van der Waals surface area contributed by atoms with Gasteiger partial charge in [0.25, 0.3) is 0 Å². The fourth-order valence-corrected chi connectivity index (χ4v) is 2.30. The number of hydrogen-bond donors (Lipinski definition) is 2. The first kappa shape index (κ1) is 16.7. The molecule has 2 amide bonds. The summed E-state index contributed by atoms with van der Waals surface area (Å²) in [6, 6.07) is -1.26. The van der Waals surface area contributed by atoms with Crippen molar-refractivity contribution in [2.45, 2.75) is 38.5 Å². The molecule has 2 unspecified atom stereocenters. The van der Waals surface area contributed by atoms with E-state index in [0.29, 0.717) is 19.5 Å². The van der Waals surface area contributed by atoms with Crippen LogP contribution in [0.1, 0.15) is 20.3 Å². The molecule has 3 atom stereocenters. The number of carboxylic acids is 1. The second kappa shape index (κ2) is 7.44. The zero-order valence-corrected chi connectivity index (χ0v) is 12.5. The van der Waals surface area contributed by atoms with Gasteiger partial charge in [-0.2, -0.15) is 0 Å². The van der Waals surface area contributed by atoms with Gasteiger partial charge in [0.15, 0.2) is 0 Å². The van der Waals surface area contributed by atoms with Gasteiger partial charge in [-0.15, -0.1) is 0 Å². The van der Waals surface area contributed by atoms with Gasteiger partial charge in [0.1, 0.15) is 18.2 Å². The molecule has 0 aliphatic carbocycles. The van der Waals surface area contributed by atoms with Crippen molar-refractivity contribution < 1.29 is 24.2 Å². The van der Waals surface area contributed by atoms with Gasteiger partial charge >= 0.3 is 12.0 Å². The summed E-state index contributed by atoms with van der Waals surface area (Å²) in [6.07, 6.45) is 0.0364. The van der Waals surface area contributed by atoms with Crippen LogP contribution in [0.5, 0.6) is 0 Å². The van der Waals surface area contributed by atoms with E-state index in [9.17, 15) is 9.59 Å². The largest absolute Gasteiger partial charge is 0.480 e. The first-order valence-corrected chi connectivity index (χ1v) is 6.72. The topological polar surface area (TPSA) is 88.1 Å². The molecule has 116 valence electrons. The molecule has 0 bridgehead atoms. The summed E-state index contributed by atoms with van der Waals surface area (Å²) < 4.78 is 10.5. The highest BCUT2D eigenvalue weighted by atomic mass is 16.5. The molecule has 0 spiro atoms. The van der Waals surface area contributed by atoms with E-state index in [1.807, 2.05) is 13.8 Å². The van der Waals surface area contributed by atoms with Gasteiger partial charge in [-0.05, 0) is 12.3 Å². The molecule has 0 aromatic rings. The van der Waals surface area contributed by atoms with Crippen molar-refractivity contribution in [3.05, 3.63) is 0 Å². The number of carboxylic acid groups (broad SMARTS) is 1. The third-order valence-electron chi connectivity index (χ3n) is 3.41. The molecule has 1 aliphatic rings. The fourth-order valence-electron chi connectivity index (χ4n) is 2.30. The number of urea groups is 1. The molecule has 7 nitrogen and oxygen atoms in total. The number of carbonyl (C=O) groups is 2. The van der Waals surface area contributed by atoms with Crippen LogP contribution in [0.4, 0.5) is 4.79 Å². The quantitative estimate of drug-likeness (QED) is 0.745. The molecule has 0 aromatic carbocycles.